The van der Waals surface area contributed by atoms with Gasteiger partial charge in [0, 0.05) is 5.02 Å². The molecule has 0 spiro atoms. The minimum absolute atomic E-state index is 0.227. The summed E-state index contributed by atoms with van der Waals surface area (Å²) in [6.45, 7) is 4.02. The van der Waals surface area contributed by atoms with E-state index < -0.39 is 0 Å². The first-order chi connectivity index (χ1) is 9.47. The number of nitrogens with zero attached hydrogens (tertiary/aromatic N) is 2. The molecule has 0 bridgehead atoms. The van der Waals surface area contributed by atoms with Crippen LogP contribution in [0.25, 0.3) is 0 Å². The molecule has 4 nitrogen and oxygen atoms in total. The molecular weight excluding hydrogens is 297 g/mol. The first-order valence-corrected chi connectivity index (χ1v) is 6.83. The van der Waals surface area contributed by atoms with Crippen molar-refractivity contribution in [3.05, 3.63) is 51.8 Å². The topological polar surface area (TPSA) is 54.9 Å². The molecule has 104 valence electrons. The lowest BCUT2D eigenvalue weighted by Gasteiger charge is -2.08. The maximum Gasteiger partial charge on any atom is 0.276 e. The van der Waals surface area contributed by atoms with Crippen LogP contribution >= 0.6 is 23.2 Å². The highest BCUT2D eigenvalue weighted by Gasteiger charge is 2.11. The van der Waals surface area contributed by atoms with Crippen LogP contribution in [0.4, 0.5) is 5.69 Å². The van der Waals surface area contributed by atoms with Crippen molar-refractivity contribution >= 4 is 34.8 Å². The SMILES string of the molecule is CC(C)c1ccc(C(=O)Nc2cc(Cl)ccc2Cl)nn1. The number of hydrogen-bond donors (Lipinski definition) is 1. The van der Waals surface area contributed by atoms with Gasteiger partial charge in [0.1, 0.15) is 0 Å². The fourth-order valence-electron chi connectivity index (χ4n) is 1.55. The molecule has 0 fully saturated rings. The number of carbonyl (C=O) groups excluding carboxylic acids is 1. The second-order valence-corrected chi connectivity index (χ2v) is 5.42. The van der Waals surface area contributed by atoms with Crippen LogP contribution in [0.3, 0.4) is 0 Å². The highest BCUT2D eigenvalue weighted by atomic mass is 35.5. The Labute approximate surface area is 127 Å². The second-order valence-electron chi connectivity index (χ2n) is 4.58. The fraction of sp³-hybridized carbons (Fsp3) is 0.214. The van der Waals surface area contributed by atoms with Gasteiger partial charge in [-0.25, -0.2) is 0 Å². The van der Waals surface area contributed by atoms with E-state index in [4.69, 9.17) is 23.2 Å². The van der Waals surface area contributed by atoms with Gasteiger partial charge in [0.15, 0.2) is 5.69 Å². The summed E-state index contributed by atoms with van der Waals surface area (Å²) in [4.78, 5) is 12.0. The van der Waals surface area contributed by atoms with Crippen molar-refractivity contribution in [2.24, 2.45) is 0 Å². The van der Waals surface area contributed by atoms with E-state index in [2.05, 4.69) is 15.5 Å². The molecule has 2 aromatic rings. The summed E-state index contributed by atoms with van der Waals surface area (Å²) in [6, 6.07) is 8.27. The Morgan fingerprint density at radius 1 is 1.15 bits per heavy atom. The standard InChI is InChI=1S/C14H13Cl2N3O/c1-8(2)11-5-6-12(19-18-11)14(20)17-13-7-9(15)3-4-10(13)16/h3-8H,1-2H3,(H,17,20). The molecule has 1 N–H and O–H groups in total. The fourth-order valence-corrected chi connectivity index (χ4v) is 1.89. The summed E-state index contributed by atoms with van der Waals surface area (Å²) < 4.78 is 0. The van der Waals surface area contributed by atoms with Crippen molar-refractivity contribution in [3.8, 4) is 0 Å². The van der Waals surface area contributed by atoms with Crippen LogP contribution in [0.2, 0.25) is 10.0 Å². The number of carbonyl (C=O) groups is 1. The van der Waals surface area contributed by atoms with Crippen molar-refractivity contribution in [2.75, 3.05) is 5.32 Å². The minimum atomic E-state index is -0.378. The molecule has 1 aromatic heterocycles. The third-order valence-corrected chi connectivity index (χ3v) is 3.25. The average molecular weight is 310 g/mol. The zero-order valence-corrected chi connectivity index (χ0v) is 12.5. The number of amides is 1. The van der Waals surface area contributed by atoms with Crippen molar-refractivity contribution < 1.29 is 4.79 Å². The van der Waals surface area contributed by atoms with Gasteiger partial charge in [0.05, 0.1) is 16.4 Å². The molecule has 0 aliphatic rings. The molecule has 0 atom stereocenters. The third-order valence-electron chi connectivity index (χ3n) is 2.69. The van der Waals surface area contributed by atoms with Crippen LogP contribution in [-0.2, 0) is 0 Å². The highest BCUT2D eigenvalue weighted by Crippen LogP contribution is 2.25. The Balaban J connectivity index is 2.17. The zero-order valence-electron chi connectivity index (χ0n) is 11.0. The number of aromatic nitrogens is 2. The van der Waals surface area contributed by atoms with Gasteiger partial charge in [0.25, 0.3) is 5.91 Å². The van der Waals surface area contributed by atoms with Crippen molar-refractivity contribution in [1.82, 2.24) is 10.2 Å². The summed E-state index contributed by atoms with van der Waals surface area (Å²) in [5, 5.41) is 11.5. The molecule has 6 heteroatoms. The Morgan fingerprint density at radius 3 is 2.50 bits per heavy atom. The van der Waals surface area contributed by atoms with Gasteiger partial charge in [-0.1, -0.05) is 37.0 Å². The average Bonchev–Trinajstić information content (AvgIpc) is 2.43. The van der Waals surface area contributed by atoms with E-state index in [0.29, 0.717) is 15.7 Å². The molecule has 20 heavy (non-hydrogen) atoms. The molecule has 2 rings (SSSR count). The van der Waals surface area contributed by atoms with Crippen LogP contribution < -0.4 is 5.32 Å². The molecule has 1 amide bonds. The van der Waals surface area contributed by atoms with Gasteiger partial charge in [0.2, 0.25) is 0 Å². The van der Waals surface area contributed by atoms with E-state index in [-0.39, 0.29) is 17.5 Å². The predicted molar refractivity (Wildman–Crippen MR) is 80.5 cm³/mol. The molecule has 0 radical (unpaired) electrons. The van der Waals surface area contributed by atoms with Crippen molar-refractivity contribution in [3.63, 3.8) is 0 Å². The Hall–Kier alpha value is -1.65. The molecular formula is C14H13Cl2N3O. The first kappa shape index (κ1) is 14.8. The number of rotatable bonds is 3. The number of nitrogens with one attached hydrogen (secondary N) is 1. The zero-order chi connectivity index (χ0) is 14.7. The molecule has 0 unspecified atom stereocenters. The summed E-state index contributed by atoms with van der Waals surface area (Å²) in [5.74, 6) is -0.112. The predicted octanol–water partition coefficient (Wildman–Crippen LogP) is 4.16. The quantitative estimate of drug-likeness (QED) is 0.926. The van der Waals surface area contributed by atoms with Gasteiger partial charge in [-0.2, -0.15) is 5.10 Å². The Morgan fingerprint density at radius 2 is 1.90 bits per heavy atom. The van der Waals surface area contributed by atoms with Gasteiger partial charge in [-0.15, -0.1) is 5.10 Å². The molecule has 0 saturated carbocycles. The lowest BCUT2D eigenvalue weighted by atomic mass is 10.1. The van der Waals surface area contributed by atoms with E-state index in [1.54, 1.807) is 30.3 Å². The third kappa shape index (κ3) is 3.46. The van der Waals surface area contributed by atoms with Crippen LogP contribution in [0.1, 0.15) is 35.9 Å². The van der Waals surface area contributed by atoms with Gasteiger partial charge in [-0.05, 0) is 36.2 Å². The van der Waals surface area contributed by atoms with Crippen LogP contribution in [0.15, 0.2) is 30.3 Å². The maximum atomic E-state index is 12.0. The maximum absolute atomic E-state index is 12.0. The summed E-state index contributed by atoms with van der Waals surface area (Å²) >= 11 is 11.8. The highest BCUT2D eigenvalue weighted by molar-refractivity contribution is 6.35. The van der Waals surface area contributed by atoms with E-state index in [0.717, 1.165) is 5.69 Å². The lowest BCUT2D eigenvalue weighted by molar-refractivity contribution is 0.102. The van der Waals surface area contributed by atoms with E-state index in [1.807, 2.05) is 13.8 Å². The molecule has 0 aliphatic heterocycles. The molecule has 0 saturated heterocycles. The first-order valence-electron chi connectivity index (χ1n) is 6.07. The molecule has 1 heterocycles. The second kappa shape index (κ2) is 6.20. The summed E-state index contributed by atoms with van der Waals surface area (Å²) in [5.41, 5.74) is 1.51. The normalized spacial score (nSPS) is 10.7. The Kier molecular flexibility index (Phi) is 4.57. The Bertz CT molecular complexity index is 627. The van der Waals surface area contributed by atoms with Crippen LogP contribution in [-0.4, -0.2) is 16.1 Å². The summed E-state index contributed by atoms with van der Waals surface area (Å²) in [6.07, 6.45) is 0. The molecule has 0 aliphatic carbocycles. The number of halogens is 2. The van der Waals surface area contributed by atoms with Crippen molar-refractivity contribution in [1.29, 1.82) is 0 Å². The summed E-state index contributed by atoms with van der Waals surface area (Å²) in [7, 11) is 0. The number of hydrogen-bond acceptors (Lipinski definition) is 3. The van der Waals surface area contributed by atoms with Gasteiger partial charge in [-0.3, -0.25) is 4.79 Å². The van der Waals surface area contributed by atoms with Gasteiger partial charge >= 0.3 is 0 Å². The van der Waals surface area contributed by atoms with Crippen LogP contribution in [0.5, 0.6) is 0 Å². The largest absolute Gasteiger partial charge is 0.319 e. The van der Waals surface area contributed by atoms with E-state index >= 15 is 0 Å². The molecule has 1 aromatic carbocycles. The minimum Gasteiger partial charge on any atom is -0.319 e. The van der Waals surface area contributed by atoms with Crippen LogP contribution in [0, 0.1) is 0 Å². The smallest absolute Gasteiger partial charge is 0.276 e. The van der Waals surface area contributed by atoms with E-state index in [1.165, 1.54) is 0 Å². The lowest BCUT2D eigenvalue weighted by Crippen LogP contribution is -2.15. The number of anilines is 1. The number of benzene rings is 1. The van der Waals surface area contributed by atoms with Gasteiger partial charge < -0.3 is 5.32 Å². The van der Waals surface area contributed by atoms with E-state index in [9.17, 15) is 4.79 Å². The monoisotopic (exact) mass is 309 g/mol. The van der Waals surface area contributed by atoms with Crippen molar-refractivity contribution in [2.45, 2.75) is 19.8 Å².